The lowest BCUT2D eigenvalue weighted by atomic mass is 9.91. The number of nitro groups is 1. The normalized spacial score (nSPS) is 22.4. The minimum absolute atomic E-state index is 0.0263. The summed E-state index contributed by atoms with van der Waals surface area (Å²) in [5.41, 5.74) is 6.64. The highest BCUT2D eigenvalue weighted by atomic mass is 16.6. The molecule has 0 radical (unpaired) electrons. The van der Waals surface area contributed by atoms with Gasteiger partial charge < -0.3 is 15.1 Å². The van der Waals surface area contributed by atoms with Gasteiger partial charge in [-0.1, -0.05) is 6.07 Å². The highest BCUT2D eigenvalue weighted by Gasteiger charge is 2.26. The molecule has 1 fully saturated rings. The van der Waals surface area contributed by atoms with Gasteiger partial charge in [0.15, 0.2) is 11.1 Å². The number of benzene rings is 1. The number of nitrogens with two attached hydrogens (primary N) is 1. The molecule has 0 spiro atoms. The molecule has 1 aliphatic rings. The Morgan fingerprint density at radius 3 is 2.76 bits per heavy atom. The van der Waals surface area contributed by atoms with Gasteiger partial charge in [-0.3, -0.25) is 10.1 Å². The van der Waals surface area contributed by atoms with Crippen LogP contribution in [0.2, 0.25) is 0 Å². The molecule has 0 amide bonds. The molecule has 1 saturated carbocycles. The number of nitro benzene ring substituents is 1. The molecule has 1 aliphatic carbocycles. The fourth-order valence-corrected chi connectivity index (χ4v) is 2.87. The van der Waals surface area contributed by atoms with Crippen molar-refractivity contribution in [3.63, 3.8) is 0 Å². The van der Waals surface area contributed by atoms with Crippen molar-refractivity contribution < 1.29 is 9.34 Å². The maximum Gasteiger partial charge on any atom is 0.298 e. The Hall–Kier alpha value is -2.15. The smallest absolute Gasteiger partial charge is 0.298 e. The minimum Gasteiger partial charge on any atom is -0.423 e. The van der Waals surface area contributed by atoms with Gasteiger partial charge in [0.25, 0.3) is 11.7 Å². The zero-order chi connectivity index (χ0) is 15.0. The second kappa shape index (κ2) is 5.33. The fourth-order valence-electron chi connectivity index (χ4n) is 2.87. The van der Waals surface area contributed by atoms with E-state index in [9.17, 15) is 10.1 Å². The van der Waals surface area contributed by atoms with Crippen LogP contribution in [-0.4, -0.2) is 29.0 Å². The van der Waals surface area contributed by atoms with Gasteiger partial charge in [-0.05, 0) is 31.7 Å². The standard InChI is InChI=1S/C14H18N4O3/c1-17(10-7-5-9(15)6-8-10)14-16-13-11(18(19)20)3-2-4-12(13)21-14/h2-4,9-10H,5-8,15H2,1H3. The van der Waals surface area contributed by atoms with Gasteiger partial charge in [-0.15, -0.1) is 0 Å². The third-order valence-corrected chi connectivity index (χ3v) is 4.17. The molecule has 1 aromatic carbocycles. The first-order chi connectivity index (χ1) is 10.1. The number of non-ortho nitro benzene ring substituents is 1. The van der Waals surface area contributed by atoms with E-state index in [0.29, 0.717) is 23.2 Å². The van der Waals surface area contributed by atoms with E-state index >= 15 is 0 Å². The SMILES string of the molecule is CN(c1nc2c([N+](=O)[O-])cccc2o1)C1CCC(N)CC1. The maximum atomic E-state index is 11.0. The van der Waals surface area contributed by atoms with Gasteiger partial charge in [0, 0.05) is 25.2 Å². The van der Waals surface area contributed by atoms with Crippen LogP contribution in [0.15, 0.2) is 22.6 Å². The van der Waals surface area contributed by atoms with Crippen molar-refractivity contribution in [2.45, 2.75) is 37.8 Å². The number of nitrogens with zero attached hydrogens (tertiary/aromatic N) is 3. The molecule has 0 aliphatic heterocycles. The van der Waals surface area contributed by atoms with E-state index < -0.39 is 4.92 Å². The molecule has 7 nitrogen and oxygen atoms in total. The summed E-state index contributed by atoms with van der Waals surface area (Å²) < 4.78 is 5.68. The van der Waals surface area contributed by atoms with Gasteiger partial charge >= 0.3 is 0 Å². The number of rotatable bonds is 3. The Morgan fingerprint density at radius 1 is 1.38 bits per heavy atom. The number of para-hydroxylation sites is 1. The molecule has 0 saturated heterocycles. The van der Waals surface area contributed by atoms with E-state index in [-0.39, 0.29) is 11.7 Å². The van der Waals surface area contributed by atoms with Crippen molar-refractivity contribution in [2.24, 2.45) is 5.73 Å². The molecule has 0 atom stereocenters. The van der Waals surface area contributed by atoms with Crippen molar-refractivity contribution in [1.29, 1.82) is 0 Å². The molecule has 3 rings (SSSR count). The number of oxazole rings is 1. The molecule has 2 aromatic rings. The predicted octanol–water partition coefficient (Wildman–Crippen LogP) is 2.44. The first-order valence-electron chi connectivity index (χ1n) is 7.08. The summed E-state index contributed by atoms with van der Waals surface area (Å²) in [7, 11) is 1.91. The molecule has 0 unspecified atom stereocenters. The summed E-state index contributed by atoms with van der Waals surface area (Å²) in [6.45, 7) is 0. The second-order valence-electron chi connectivity index (χ2n) is 5.56. The molecule has 7 heteroatoms. The second-order valence-corrected chi connectivity index (χ2v) is 5.56. The van der Waals surface area contributed by atoms with Gasteiger partial charge in [0.2, 0.25) is 0 Å². The highest BCUT2D eigenvalue weighted by molar-refractivity contribution is 5.84. The molecular formula is C14H18N4O3. The summed E-state index contributed by atoms with van der Waals surface area (Å²) >= 11 is 0. The Bertz CT molecular complexity index is 661. The average molecular weight is 290 g/mol. The van der Waals surface area contributed by atoms with E-state index in [4.69, 9.17) is 10.2 Å². The average Bonchev–Trinajstić information content (AvgIpc) is 2.90. The number of hydrogen-bond acceptors (Lipinski definition) is 6. The summed E-state index contributed by atoms with van der Waals surface area (Å²) in [6.07, 6.45) is 3.93. The first-order valence-corrected chi connectivity index (χ1v) is 7.08. The molecule has 0 bridgehead atoms. The largest absolute Gasteiger partial charge is 0.423 e. The van der Waals surface area contributed by atoms with E-state index in [2.05, 4.69) is 4.98 Å². The van der Waals surface area contributed by atoms with Crippen LogP contribution in [0, 0.1) is 10.1 Å². The van der Waals surface area contributed by atoms with Gasteiger partial charge in [0.1, 0.15) is 0 Å². The number of anilines is 1. The molecule has 21 heavy (non-hydrogen) atoms. The number of aromatic nitrogens is 1. The third-order valence-electron chi connectivity index (χ3n) is 4.17. The van der Waals surface area contributed by atoms with Crippen LogP contribution in [-0.2, 0) is 0 Å². The minimum atomic E-state index is -0.436. The lowest BCUT2D eigenvalue weighted by molar-refractivity contribution is -0.383. The van der Waals surface area contributed by atoms with Crippen LogP contribution in [0.1, 0.15) is 25.7 Å². The molecule has 2 N–H and O–H groups in total. The van der Waals surface area contributed by atoms with E-state index in [1.807, 2.05) is 11.9 Å². The summed E-state index contributed by atoms with van der Waals surface area (Å²) in [5, 5.41) is 11.0. The monoisotopic (exact) mass is 290 g/mol. The van der Waals surface area contributed by atoms with Crippen LogP contribution < -0.4 is 10.6 Å². The van der Waals surface area contributed by atoms with E-state index in [1.54, 1.807) is 12.1 Å². The van der Waals surface area contributed by atoms with Crippen LogP contribution >= 0.6 is 0 Å². The molecule has 112 valence electrons. The van der Waals surface area contributed by atoms with Crippen molar-refractivity contribution in [2.75, 3.05) is 11.9 Å². The first kappa shape index (κ1) is 13.8. The predicted molar refractivity (Wildman–Crippen MR) is 79.3 cm³/mol. The Kier molecular flexibility index (Phi) is 3.50. The quantitative estimate of drug-likeness (QED) is 0.688. The van der Waals surface area contributed by atoms with Gasteiger partial charge in [-0.2, -0.15) is 4.98 Å². The Morgan fingerprint density at radius 2 is 2.10 bits per heavy atom. The van der Waals surface area contributed by atoms with Gasteiger partial charge in [0.05, 0.1) is 4.92 Å². The molecule has 1 heterocycles. The van der Waals surface area contributed by atoms with Crippen molar-refractivity contribution in [1.82, 2.24) is 4.98 Å². The zero-order valence-electron chi connectivity index (χ0n) is 11.9. The van der Waals surface area contributed by atoms with Crippen LogP contribution in [0.5, 0.6) is 0 Å². The van der Waals surface area contributed by atoms with Crippen LogP contribution in [0.25, 0.3) is 11.1 Å². The maximum absolute atomic E-state index is 11.0. The topological polar surface area (TPSA) is 98.4 Å². The van der Waals surface area contributed by atoms with Crippen molar-refractivity contribution in [3.05, 3.63) is 28.3 Å². The molecular weight excluding hydrogens is 272 g/mol. The fraction of sp³-hybridized carbons (Fsp3) is 0.500. The third kappa shape index (κ3) is 2.56. The number of hydrogen-bond donors (Lipinski definition) is 1. The number of fused-ring (bicyclic) bond motifs is 1. The lowest BCUT2D eigenvalue weighted by Gasteiger charge is -2.32. The Balaban J connectivity index is 1.90. The summed E-state index contributed by atoms with van der Waals surface area (Å²) in [5.74, 6) is 0. The lowest BCUT2D eigenvalue weighted by Crippen LogP contribution is -2.38. The van der Waals surface area contributed by atoms with Crippen molar-refractivity contribution in [3.8, 4) is 0 Å². The van der Waals surface area contributed by atoms with Crippen LogP contribution in [0.4, 0.5) is 11.7 Å². The Labute approximate surface area is 121 Å². The van der Waals surface area contributed by atoms with Crippen LogP contribution in [0.3, 0.4) is 0 Å². The van der Waals surface area contributed by atoms with Crippen molar-refractivity contribution >= 4 is 22.8 Å². The molecule has 1 aromatic heterocycles. The summed E-state index contributed by atoms with van der Waals surface area (Å²) in [6, 6.07) is 5.77. The zero-order valence-corrected chi connectivity index (χ0v) is 11.9. The summed E-state index contributed by atoms with van der Waals surface area (Å²) in [4.78, 5) is 16.9. The van der Waals surface area contributed by atoms with E-state index in [1.165, 1.54) is 6.07 Å². The van der Waals surface area contributed by atoms with E-state index in [0.717, 1.165) is 25.7 Å². The van der Waals surface area contributed by atoms with Gasteiger partial charge in [-0.25, -0.2) is 0 Å². The highest BCUT2D eigenvalue weighted by Crippen LogP contribution is 2.31.